The minimum atomic E-state index is 0.151. The molecule has 1 fully saturated rings. The third-order valence-corrected chi connectivity index (χ3v) is 3.66. The van der Waals surface area contributed by atoms with Crippen molar-refractivity contribution in [3.63, 3.8) is 0 Å². The summed E-state index contributed by atoms with van der Waals surface area (Å²) in [6, 6.07) is 0.349. The second kappa shape index (κ2) is 5.14. The number of aromatic nitrogens is 3. The van der Waals surface area contributed by atoms with E-state index in [0.29, 0.717) is 12.6 Å². The maximum Gasteiger partial charge on any atom is 0.138 e. The summed E-state index contributed by atoms with van der Waals surface area (Å²) in [4.78, 5) is 4.38. The third-order valence-electron chi connectivity index (χ3n) is 3.66. The molecular formula is C12H22N4O. The minimum absolute atomic E-state index is 0.151. The summed E-state index contributed by atoms with van der Waals surface area (Å²) < 4.78 is 7.42. The van der Waals surface area contributed by atoms with Crippen molar-refractivity contribution < 1.29 is 4.74 Å². The molecule has 0 aliphatic carbocycles. The van der Waals surface area contributed by atoms with Crippen LogP contribution >= 0.6 is 0 Å². The van der Waals surface area contributed by atoms with E-state index < -0.39 is 0 Å². The van der Waals surface area contributed by atoms with Crippen LogP contribution in [-0.2, 0) is 11.2 Å². The number of ether oxygens (including phenoxy) is 1. The fourth-order valence-electron chi connectivity index (χ4n) is 2.42. The lowest BCUT2D eigenvalue weighted by molar-refractivity contribution is 0.0176. The van der Waals surface area contributed by atoms with Gasteiger partial charge < -0.3 is 10.5 Å². The van der Waals surface area contributed by atoms with Gasteiger partial charge in [0.1, 0.15) is 12.2 Å². The van der Waals surface area contributed by atoms with Crippen LogP contribution in [0.1, 0.15) is 38.6 Å². The first-order valence-corrected chi connectivity index (χ1v) is 6.33. The Hall–Kier alpha value is -0.940. The van der Waals surface area contributed by atoms with Crippen LogP contribution < -0.4 is 5.73 Å². The molecule has 96 valence electrons. The summed E-state index contributed by atoms with van der Waals surface area (Å²) in [7, 11) is 0. The smallest absolute Gasteiger partial charge is 0.138 e. The van der Waals surface area contributed by atoms with Crippen LogP contribution in [0, 0.1) is 5.41 Å². The number of nitrogens with two attached hydrogens (primary N) is 1. The lowest BCUT2D eigenvalue weighted by Crippen LogP contribution is -2.39. The Morgan fingerprint density at radius 3 is 2.76 bits per heavy atom. The van der Waals surface area contributed by atoms with E-state index in [-0.39, 0.29) is 5.41 Å². The molecule has 0 aromatic carbocycles. The molecule has 2 N–H and O–H groups in total. The Labute approximate surface area is 102 Å². The number of hydrogen-bond donors (Lipinski definition) is 1. The predicted octanol–water partition coefficient (Wildman–Crippen LogP) is 1.16. The number of nitrogens with zero attached hydrogens (tertiary/aromatic N) is 3. The molecule has 17 heavy (non-hydrogen) atoms. The fourth-order valence-corrected chi connectivity index (χ4v) is 2.42. The molecule has 1 aromatic rings. The van der Waals surface area contributed by atoms with Crippen molar-refractivity contribution in [3.05, 3.63) is 12.2 Å². The molecule has 5 heteroatoms. The molecule has 1 aromatic heterocycles. The highest BCUT2D eigenvalue weighted by Gasteiger charge is 2.33. The summed E-state index contributed by atoms with van der Waals surface area (Å²) in [5.74, 6) is 1.05. The van der Waals surface area contributed by atoms with Gasteiger partial charge >= 0.3 is 0 Å². The normalized spacial score (nSPS) is 19.8. The van der Waals surface area contributed by atoms with Gasteiger partial charge in [-0.25, -0.2) is 9.67 Å². The fraction of sp³-hybridized carbons (Fsp3) is 0.833. The van der Waals surface area contributed by atoms with Crippen LogP contribution in [0.5, 0.6) is 0 Å². The molecule has 0 amide bonds. The molecular weight excluding hydrogens is 216 g/mol. The monoisotopic (exact) mass is 238 g/mol. The van der Waals surface area contributed by atoms with Gasteiger partial charge in [0.05, 0.1) is 0 Å². The second-order valence-electron chi connectivity index (χ2n) is 5.21. The highest BCUT2D eigenvalue weighted by molar-refractivity contribution is 4.96. The van der Waals surface area contributed by atoms with Gasteiger partial charge in [-0.3, -0.25) is 0 Å². The van der Waals surface area contributed by atoms with E-state index in [0.717, 1.165) is 38.3 Å². The van der Waals surface area contributed by atoms with Gasteiger partial charge in [0.2, 0.25) is 0 Å². The summed E-state index contributed by atoms with van der Waals surface area (Å²) in [5.41, 5.74) is 6.12. The zero-order valence-corrected chi connectivity index (χ0v) is 10.7. The third kappa shape index (κ3) is 2.66. The number of rotatable bonds is 4. The van der Waals surface area contributed by atoms with Crippen molar-refractivity contribution in [2.45, 2.75) is 39.2 Å². The van der Waals surface area contributed by atoms with Gasteiger partial charge in [0, 0.05) is 25.7 Å². The van der Waals surface area contributed by atoms with Gasteiger partial charge in [-0.05, 0) is 38.6 Å². The van der Waals surface area contributed by atoms with Gasteiger partial charge in [0.25, 0.3) is 0 Å². The summed E-state index contributed by atoms with van der Waals surface area (Å²) in [6.07, 6.45) is 4.59. The first-order valence-electron chi connectivity index (χ1n) is 6.33. The van der Waals surface area contributed by atoms with Crippen molar-refractivity contribution in [1.82, 2.24) is 14.8 Å². The zero-order chi connectivity index (χ0) is 12.3. The largest absolute Gasteiger partial charge is 0.381 e. The van der Waals surface area contributed by atoms with E-state index in [4.69, 9.17) is 10.5 Å². The topological polar surface area (TPSA) is 66.0 Å². The Bertz CT molecular complexity index is 355. The SMILES string of the molecule is CC(C)n1ncnc1CC1(CN)CCOCC1. The standard InChI is InChI=1S/C12H22N4O/c1-10(2)16-11(14-9-15-16)7-12(8-13)3-5-17-6-4-12/h9-10H,3-8,13H2,1-2H3. The van der Waals surface area contributed by atoms with Crippen molar-refractivity contribution in [1.29, 1.82) is 0 Å². The molecule has 0 unspecified atom stereocenters. The Balaban J connectivity index is 2.14. The van der Waals surface area contributed by atoms with E-state index in [2.05, 4.69) is 23.9 Å². The average molecular weight is 238 g/mol. The molecule has 0 bridgehead atoms. The van der Waals surface area contributed by atoms with Crippen LogP contribution in [0.4, 0.5) is 0 Å². The Morgan fingerprint density at radius 2 is 2.18 bits per heavy atom. The molecule has 0 atom stereocenters. The maximum absolute atomic E-state index is 5.97. The quantitative estimate of drug-likeness (QED) is 0.854. The lowest BCUT2D eigenvalue weighted by Gasteiger charge is -2.35. The van der Waals surface area contributed by atoms with E-state index >= 15 is 0 Å². The van der Waals surface area contributed by atoms with Crippen molar-refractivity contribution >= 4 is 0 Å². The first kappa shape index (κ1) is 12.5. The predicted molar refractivity (Wildman–Crippen MR) is 65.7 cm³/mol. The van der Waals surface area contributed by atoms with E-state index in [9.17, 15) is 0 Å². The van der Waals surface area contributed by atoms with E-state index in [1.807, 2.05) is 4.68 Å². The van der Waals surface area contributed by atoms with Gasteiger partial charge in [0.15, 0.2) is 0 Å². The highest BCUT2D eigenvalue weighted by Crippen LogP contribution is 2.33. The van der Waals surface area contributed by atoms with Crippen LogP contribution in [0.25, 0.3) is 0 Å². The summed E-state index contributed by atoms with van der Waals surface area (Å²) >= 11 is 0. The molecule has 0 saturated carbocycles. The molecule has 5 nitrogen and oxygen atoms in total. The molecule has 1 aliphatic rings. The molecule has 2 rings (SSSR count). The van der Waals surface area contributed by atoms with Gasteiger partial charge in [-0.15, -0.1) is 0 Å². The molecule has 1 saturated heterocycles. The van der Waals surface area contributed by atoms with Crippen LogP contribution in [0.3, 0.4) is 0 Å². The summed E-state index contributed by atoms with van der Waals surface area (Å²) in [6.45, 7) is 6.57. The van der Waals surface area contributed by atoms with Crippen LogP contribution in [-0.4, -0.2) is 34.5 Å². The minimum Gasteiger partial charge on any atom is -0.381 e. The molecule has 2 heterocycles. The molecule has 0 radical (unpaired) electrons. The van der Waals surface area contributed by atoms with Gasteiger partial charge in [-0.1, -0.05) is 0 Å². The van der Waals surface area contributed by atoms with Crippen LogP contribution in [0.2, 0.25) is 0 Å². The Morgan fingerprint density at radius 1 is 1.47 bits per heavy atom. The average Bonchev–Trinajstić information content (AvgIpc) is 2.78. The lowest BCUT2D eigenvalue weighted by atomic mass is 9.77. The molecule has 1 aliphatic heterocycles. The summed E-state index contributed by atoms with van der Waals surface area (Å²) in [5, 5.41) is 4.28. The molecule has 0 spiro atoms. The van der Waals surface area contributed by atoms with Gasteiger partial charge in [-0.2, -0.15) is 5.10 Å². The van der Waals surface area contributed by atoms with Crippen molar-refractivity contribution in [2.75, 3.05) is 19.8 Å². The number of hydrogen-bond acceptors (Lipinski definition) is 4. The highest BCUT2D eigenvalue weighted by atomic mass is 16.5. The van der Waals surface area contributed by atoms with E-state index in [1.165, 1.54) is 0 Å². The van der Waals surface area contributed by atoms with Crippen molar-refractivity contribution in [2.24, 2.45) is 11.1 Å². The maximum atomic E-state index is 5.97. The zero-order valence-electron chi connectivity index (χ0n) is 10.7. The second-order valence-corrected chi connectivity index (χ2v) is 5.21. The first-order chi connectivity index (χ1) is 8.17. The Kier molecular flexibility index (Phi) is 3.79. The van der Waals surface area contributed by atoms with E-state index in [1.54, 1.807) is 6.33 Å². The van der Waals surface area contributed by atoms with Crippen molar-refractivity contribution in [3.8, 4) is 0 Å². The van der Waals surface area contributed by atoms with Crippen LogP contribution in [0.15, 0.2) is 6.33 Å².